The molecule has 0 bridgehead atoms. The van der Waals surface area contributed by atoms with E-state index in [0.717, 1.165) is 32.7 Å². The Hall–Kier alpha value is -1.13. The largest absolute Gasteiger partial charge is 0.314 e. The van der Waals surface area contributed by atoms with E-state index in [1.165, 1.54) is 0 Å². The van der Waals surface area contributed by atoms with E-state index < -0.39 is 0 Å². The van der Waals surface area contributed by atoms with E-state index in [1.807, 2.05) is 12.3 Å². The number of pyridine rings is 1. The lowest BCUT2D eigenvalue weighted by Crippen LogP contribution is -2.32. The van der Waals surface area contributed by atoms with E-state index in [-0.39, 0.29) is 5.56 Å². The smallest absolute Gasteiger partial charge is 0.250 e. The minimum atomic E-state index is 0.0648. The summed E-state index contributed by atoms with van der Waals surface area (Å²) in [5.41, 5.74) is 0.0648. The Morgan fingerprint density at radius 3 is 2.88 bits per heavy atom. The molecule has 1 rings (SSSR count). The monoisotopic (exact) mass is 223 g/mol. The fourth-order valence-corrected chi connectivity index (χ4v) is 1.40. The summed E-state index contributed by atoms with van der Waals surface area (Å²) in [5.74, 6) is 0. The van der Waals surface area contributed by atoms with Gasteiger partial charge in [-0.3, -0.25) is 4.79 Å². The lowest BCUT2D eigenvalue weighted by Gasteiger charge is -2.14. The summed E-state index contributed by atoms with van der Waals surface area (Å²) < 4.78 is 1.72. The summed E-state index contributed by atoms with van der Waals surface area (Å²) in [7, 11) is 2.10. The van der Waals surface area contributed by atoms with Crippen molar-refractivity contribution in [2.24, 2.45) is 0 Å². The summed E-state index contributed by atoms with van der Waals surface area (Å²) in [6.45, 7) is 6.78. The van der Waals surface area contributed by atoms with Crippen LogP contribution in [0.1, 0.15) is 6.92 Å². The molecule has 16 heavy (non-hydrogen) atoms. The standard InChI is InChI=1S/C12H21N3O/c1-3-14(2)10-7-13-8-11-15-9-5-4-6-12(15)16/h4-6,9,13H,3,7-8,10-11H2,1-2H3. The first-order valence-corrected chi connectivity index (χ1v) is 5.78. The Morgan fingerprint density at radius 1 is 1.38 bits per heavy atom. The molecule has 1 N–H and O–H groups in total. The van der Waals surface area contributed by atoms with Crippen LogP contribution >= 0.6 is 0 Å². The Bertz CT molecular complexity index is 348. The summed E-state index contributed by atoms with van der Waals surface area (Å²) in [5, 5.41) is 3.32. The SMILES string of the molecule is CCN(C)CCNCCn1ccccc1=O. The number of nitrogens with zero attached hydrogens (tertiary/aromatic N) is 2. The molecule has 0 saturated carbocycles. The zero-order chi connectivity index (χ0) is 11.8. The second kappa shape index (κ2) is 7.19. The van der Waals surface area contributed by atoms with Gasteiger partial charge in [0.15, 0.2) is 0 Å². The van der Waals surface area contributed by atoms with Crippen LogP contribution in [0.25, 0.3) is 0 Å². The molecule has 4 nitrogen and oxygen atoms in total. The number of aromatic nitrogens is 1. The molecule has 1 aromatic heterocycles. The van der Waals surface area contributed by atoms with Crippen molar-refractivity contribution in [2.75, 3.05) is 33.2 Å². The molecule has 0 aliphatic rings. The highest BCUT2D eigenvalue weighted by molar-refractivity contribution is 4.93. The van der Waals surface area contributed by atoms with Crippen LogP contribution in [0.3, 0.4) is 0 Å². The van der Waals surface area contributed by atoms with E-state index in [0.29, 0.717) is 0 Å². The molecule has 0 aliphatic carbocycles. The van der Waals surface area contributed by atoms with Gasteiger partial charge in [0, 0.05) is 38.4 Å². The van der Waals surface area contributed by atoms with Crippen LogP contribution in [-0.4, -0.2) is 42.7 Å². The lowest BCUT2D eigenvalue weighted by molar-refractivity contribution is 0.348. The second-order valence-corrected chi connectivity index (χ2v) is 3.88. The Morgan fingerprint density at radius 2 is 2.19 bits per heavy atom. The molecular formula is C12H21N3O. The van der Waals surface area contributed by atoms with E-state index in [9.17, 15) is 4.79 Å². The number of hydrogen-bond donors (Lipinski definition) is 1. The number of rotatable bonds is 7. The maximum Gasteiger partial charge on any atom is 0.250 e. The van der Waals surface area contributed by atoms with Crippen molar-refractivity contribution in [3.8, 4) is 0 Å². The van der Waals surface area contributed by atoms with Gasteiger partial charge >= 0.3 is 0 Å². The van der Waals surface area contributed by atoms with E-state index in [2.05, 4.69) is 24.2 Å². The molecule has 0 spiro atoms. The topological polar surface area (TPSA) is 37.3 Å². The zero-order valence-electron chi connectivity index (χ0n) is 10.1. The van der Waals surface area contributed by atoms with Gasteiger partial charge in [-0.2, -0.15) is 0 Å². The summed E-state index contributed by atoms with van der Waals surface area (Å²) in [6.07, 6.45) is 1.82. The van der Waals surface area contributed by atoms with Crippen molar-refractivity contribution in [3.63, 3.8) is 0 Å². The highest BCUT2D eigenvalue weighted by Crippen LogP contribution is 1.81. The molecule has 0 unspecified atom stereocenters. The Labute approximate surface area is 96.9 Å². The average Bonchev–Trinajstić information content (AvgIpc) is 2.30. The van der Waals surface area contributed by atoms with Gasteiger partial charge in [0.05, 0.1) is 0 Å². The average molecular weight is 223 g/mol. The predicted octanol–water partition coefficient (Wildman–Crippen LogP) is 0.390. The van der Waals surface area contributed by atoms with E-state index in [1.54, 1.807) is 16.7 Å². The Kier molecular flexibility index (Phi) is 5.82. The molecule has 4 heteroatoms. The summed E-state index contributed by atoms with van der Waals surface area (Å²) in [4.78, 5) is 13.6. The minimum Gasteiger partial charge on any atom is -0.314 e. The predicted molar refractivity (Wildman–Crippen MR) is 66.7 cm³/mol. The molecule has 0 aromatic carbocycles. The molecule has 0 saturated heterocycles. The van der Waals surface area contributed by atoms with Gasteiger partial charge in [-0.05, 0) is 19.7 Å². The normalized spacial score (nSPS) is 10.9. The molecule has 0 radical (unpaired) electrons. The van der Waals surface area contributed by atoms with E-state index in [4.69, 9.17) is 0 Å². The quantitative estimate of drug-likeness (QED) is 0.679. The van der Waals surface area contributed by atoms with Crippen LogP contribution in [0.4, 0.5) is 0 Å². The molecule has 1 aromatic rings. The summed E-state index contributed by atoms with van der Waals surface area (Å²) in [6, 6.07) is 5.24. The van der Waals surface area contributed by atoms with Gasteiger partial charge in [0.1, 0.15) is 0 Å². The van der Waals surface area contributed by atoms with Gasteiger partial charge in [-0.25, -0.2) is 0 Å². The van der Waals surface area contributed by atoms with Gasteiger partial charge in [0.25, 0.3) is 5.56 Å². The molecule has 0 aliphatic heterocycles. The van der Waals surface area contributed by atoms with E-state index >= 15 is 0 Å². The second-order valence-electron chi connectivity index (χ2n) is 3.88. The van der Waals surface area contributed by atoms with Gasteiger partial charge in [0.2, 0.25) is 0 Å². The third kappa shape index (κ3) is 4.59. The molecule has 90 valence electrons. The lowest BCUT2D eigenvalue weighted by atomic mass is 10.4. The molecular weight excluding hydrogens is 202 g/mol. The van der Waals surface area contributed by atoms with Crippen LogP contribution in [0.5, 0.6) is 0 Å². The maximum atomic E-state index is 11.4. The highest BCUT2D eigenvalue weighted by Gasteiger charge is 1.95. The van der Waals surface area contributed by atoms with Crippen molar-refractivity contribution in [1.82, 2.24) is 14.8 Å². The fraction of sp³-hybridized carbons (Fsp3) is 0.583. The van der Waals surface area contributed by atoms with Gasteiger partial charge in [-0.1, -0.05) is 13.0 Å². The number of nitrogens with one attached hydrogen (secondary N) is 1. The number of likely N-dealkylation sites (N-methyl/N-ethyl adjacent to an activating group) is 1. The van der Waals surface area contributed by atoms with Crippen LogP contribution in [0.2, 0.25) is 0 Å². The van der Waals surface area contributed by atoms with Crippen LogP contribution in [0.15, 0.2) is 29.2 Å². The minimum absolute atomic E-state index is 0.0648. The van der Waals surface area contributed by atoms with Crippen molar-refractivity contribution in [1.29, 1.82) is 0 Å². The highest BCUT2D eigenvalue weighted by atomic mass is 16.1. The van der Waals surface area contributed by atoms with Crippen LogP contribution in [-0.2, 0) is 6.54 Å². The van der Waals surface area contributed by atoms with Crippen molar-refractivity contribution < 1.29 is 0 Å². The zero-order valence-corrected chi connectivity index (χ0v) is 10.1. The van der Waals surface area contributed by atoms with Crippen molar-refractivity contribution >= 4 is 0 Å². The maximum absolute atomic E-state index is 11.4. The molecule has 0 amide bonds. The molecule has 0 fully saturated rings. The Balaban J connectivity index is 2.17. The van der Waals surface area contributed by atoms with Crippen LogP contribution < -0.4 is 10.9 Å². The van der Waals surface area contributed by atoms with Crippen LogP contribution in [0, 0.1) is 0 Å². The van der Waals surface area contributed by atoms with Gasteiger partial charge in [-0.15, -0.1) is 0 Å². The van der Waals surface area contributed by atoms with Gasteiger partial charge < -0.3 is 14.8 Å². The first-order chi connectivity index (χ1) is 7.74. The first-order valence-electron chi connectivity index (χ1n) is 5.78. The molecule has 0 atom stereocenters. The third-order valence-corrected chi connectivity index (χ3v) is 2.64. The number of hydrogen-bond acceptors (Lipinski definition) is 3. The first kappa shape index (κ1) is 12.9. The third-order valence-electron chi connectivity index (χ3n) is 2.64. The summed E-state index contributed by atoms with van der Waals surface area (Å²) >= 11 is 0. The van der Waals surface area contributed by atoms with Crippen molar-refractivity contribution in [2.45, 2.75) is 13.5 Å². The fourth-order valence-electron chi connectivity index (χ4n) is 1.40. The van der Waals surface area contributed by atoms with Crippen molar-refractivity contribution in [3.05, 3.63) is 34.7 Å². The molecule has 1 heterocycles.